The van der Waals surface area contributed by atoms with Crippen LogP contribution in [0.1, 0.15) is 35.6 Å². The Bertz CT molecular complexity index is 570. The smallest absolute Gasteiger partial charge is 0.211 e. The van der Waals surface area contributed by atoms with Gasteiger partial charge in [0.2, 0.25) is 5.78 Å². The average Bonchev–Trinajstić information content (AvgIpc) is 2.80. The van der Waals surface area contributed by atoms with Crippen LogP contribution in [0.3, 0.4) is 0 Å². The van der Waals surface area contributed by atoms with Crippen molar-refractivity contribution in [3.63, 3.8) is 0 Å². The summed E-state index contributed by atoms with van der Waals surface area (Å²) in [5.74, 6) is 0.768. The van der Waals surface area contributed by atoms with E-state index < -0.39 is 0 Å². The minimum atomic E-state index is -0.00880. The van der Waals surface area contributed by atoms with Gasteiger partial charge in [-0.3, -0.25) is 9.48 Å². The van der Waals surface area contributed by atoms with Gasteiger partial charge in [-0.2, -0.15) is 5.10 Å². The zero-order valence-electron chi connectivity index (χ0n) is 11.5. The van der Waals surface area contributed by atoms with Crippen molar-refractivity contribution in [3.8, 4) is 5.75 Å². The minimum Gasteiger partial charge on any atom is -0.494 e. The molecule has 0 amide bonds. The first kappa shape index (κ1) is 13.3. The van der Waals surface area contributed by atoms with E-state index in [-0.39, 0.29) is 5.78 Å². The zero-order chi connectivity index (χ0) is 13.8. The standard InChI is InChI=1S/C15H18N2O2/c1-4-17-14(10-11(3)16-17)15(18)12-6-8-13(9-7-12)19-5-2/h6-10H,4-5H2,1-3H3. The molecule has 0 bridgehead atoms. The van der Waals surface area contributed by atoms with Gasteiger partial charge in [-0.25, -0.2) is 0 Å². The molecule has 2 aromatic rings. The van der Waals surface area contributed by atoms with Crippen LogP contribution in [0.5, 0.6) is 5.75 Å². The Morgan fingerprint density at radius 2 is 1.95 bits per heavy atom. The van der Waals surface area contributed by atoms with Crippen LogP contribution in [0, 0.1) is 6.92 Å². The second-order valence-electron chi connectivity index (χ2n) is 4.27. The number of ketones is 1. The number of nitrogens with zero attached hydrogens (tertiary/aromatic N) is 2. The van der Waals surface area contributed by atoms with Crippen molar-refractivity contribution in [2.24, 2.45) is 0 Å². The highest BCUT2D eigenvalue weighted by Gasteiger charge is 2.15. The van der Waals surface area contributed by atoms with E-state index in [1.54, 1.807) is 16.8 Å². The molecule has 0 aliphatic rings. The van der Waals surface area contributed by atoms with E-state index in [1.165, 1.54) is 0 Å². The molecule has 0 radical (unpaired) electrons. The fraction of sp³-hybridized carbons (Fsp3) is 0.333. The lowest BCUT2D eigenvalue weighted by atomic mass is 10.1. The van der Waals surface area contributed by atoms with E-state index in [1.807, 2.05) is 39.0 Å². The van der Waals surface area contributed by atoms with E-state index >= 15 is 0 Å². The molecular weight excluding hydrogens is 240 g/mol. The van der Waals surface area contributed by atoms with Crippen molar-refractivity contribution >= 4 is 5.78 Å². The first-order valence-corrected chi connectivity index (χ1v) is 6.47. The highest BCUT2D eigenvalue weighted by atomic mass is 16.5. The number of rotatable bonds is 5. The largest absolute Gasteiger partial charge is 0.494 e. The summed E-state index contributed by atoms with van der Waals surface area (Å²) in [4.78, 5) is 12.4. The van der Waals surface area contributed by atoms with Crippen LogP contribution in [0.25, 0.3) is 0 Å². The third-order valence-corrected chi connectivity index (χ3v) is 2.86. The topological polar surface area (TPSA) is 44.1 Å². The van der Waals surface area contributed by atoms with Gasteiger partial charge in [-0.05, 0) is 51.1 Å². The van der Waals surface area contributed by atoms with Gasteiger partial charge in [0.15, 0.2) is 0 Å². The van der Waals surface area contributed by atoms with Crippen LogP contribution in [0.4, 0.5) is 0 Å². The molecule has 2 rings (SSSR count). The lowest BCUT2D eigenvalue weighted by Crippen LogP contribution is -2.10. The number of hydrogen-bond acceptors (Lipinski definition) is 3. The SMILES string of the molecule is CCOc1ccc(C(=O)c2cc(C)nn2CC)cc1. The Balaban J connectivity index is 2.28. The maximum absolute atomic E-state index is 12.4. The number of aryl methyl sites for hydroxylation is 2. The van der Waals surface area contributed by atoms with E-state index in [0.29, 0.717) is 24.4 Å². The summed E-state index contributed by atoms with van der Waals surface area (Å²) in [6.45, 7) is 7.10. The molecule has 0 atom stereocenters. The third kappa shape index (κ3) is 2.84. The Hall–Kier alpha value is -2.10. The average molecular weight is 258 g/mol. The molecule has 4 nitrogen and oxygen atoms in total. The van der Waals surface area contributed by atoms with Gasteiger partial charge in [0, 0.05) is 12.1 Å². The molecule has 0 aliphatic carbocycles. The molecule has 0 unspecified atom stereocenters. The summed E-state index contributed by atoms with van der Waals surface area (Å²) in [5, 5.41) is 4.29. The van der Waals surface area contributed by atoms with Crippen LogP contribution >= 0.6 is 0 Å². The van der Waals surface area contributed by atoms with Crippen LogP contribution in [0.2, 0.25) is 0 Å². The molecular formula is C15H18N2O2. The van der Waals surface area contributed by atoms with E-state index in [0.717, 1.165) is 11.4 Å². The summed E-state index contributed by atoms with van der Waals surface area (Å²) in [6.07, 6.45) is 0. The maximum Gasteiger partial charge on any atom is 0.211 e. The van der Waals surface area contributed by atoms with Crippen molar-refractivity contribution < 1.29 is 9.53 Å². The van der Waals surface area contributed by atoms with Gasteiger partial charge in [0.05, 0.1) is 12.3 Å². The van der Waals surface area contributed by atoms with Gasteiger partial charge in [-0.15, -0.1) is 0 Å². The lowest BCUT2D eigenvalue weighted by molar-refractivity contribution is 0.102. The molecule has 1 heterocycles. The van der Waals surface area contributed by atoms with Crippen molar-refractivity contribution in [3.05, 3.63) is 47.3 Å². The maximum atomic E-state index is 12.4. The minimum absolute atomic E-state index is 0.00880. The Kier molecular flexibility index (Phi) is 4.00. The molecule has 0 saturated carbocycles. The van der Waals surface area contributed by atoms with Gasteiger partial charge in [0.1, 0.15) is 11.4 Å². The fourth-order valence-corrected chi connectivity index (χ4v) is 1.99. The van der Waals surface area contributed by atoms with E-state index in [9.17, 15) is 4.79 Å². The van der Waals surface area contributed by atoms with Crippen LogP contribution in [0.15, 0.2) is 30.3 Å². The molecule has 0 saturated heterocycles. The number of carbonyl (C=O) groups is 1. The predicted molar refractivity (Wildman–Crippen MR) is 73.7 cm³/mol. The summed E-state index contributed by atoms with van der Waals surface area (Å²) < 4.78 is 7.10. The fourth-order valence-electron chi connectivity index (χ4n) is 1.99. The van der Waals surface area contributed by atoms with Crippen molar-refractivity contribution in [1.29, 1.82) is 0 Å². The Labute approximate surface area is 113 Å². The molecule has 1 aromatic heterocycles. The Morgan fingerprint density at radius 1 is 1.26 bits per heavy atom. The highest BCUT2D eigenvalue weighted by Crippen LogP contribution is 2.16. The van der Waals surface area contributed by atoms with Gasteiger partial charge in [-0.1, -0.05) is 0 Å². The monoisotopic (exact) mass is 258 g/mol. The summed E-state index contributed by atoms with van der Waals surface area (Å²) >= 11 is 0. The van der Waals surface area contributed by atoms with Crippen molar-refractivity contribution in [2.45, 2.75) is 27.3 Å². The normalized spacial score (nSPS) is 10.5. The number of hydrogen-bond donors (Lipinski definition) is 0. The predicted octanol–water partition coefficient (Wildman–Crippen LogP) is 2.84. The number of aromatic nitrogens is 2. The van der Waals surface area contributed by atoms with Crippen LogP contribution in [-0.4, -0.2) is 22.2 Å². The Morgan fingerprint density at radius 3 is 2.53 bits per heavy atom. The molecule has 19 heavy (non-hydrogen) atoms. The number of carbonyl (C=O) groups excluding carboxylic acids is 1. The molecule has 0 spiro atoms. The highest BCUT2D eigenvalue weighted by molar-refractivity contribution is 6.08. The quantitative estimate of drug-likeness (QED) is 0.775. The van der Waals surface area contributed by atoms with Gasteiger partial charge in [0.25, 0.3) is 0 Å². The molecule has 4 heteroatoms. The van der Waals surface area contributed by atoms with Crippen molar-refractivity contribution in [1.82, 2.24) is 9.78 Å². The first-order chi connectivity index (χ1) is 9.15. The number of ether oxygens (including phenoxy) is 1. The van der Waals surface area contributed by atoms with Gasteiger partial charge >= 0.3 is 0 Å². The molecule has 0 fully saturated rings. The number of benzene rings is 1. The summed E-state index contributed by atoms with van der Waals surface area (Å²) in [7, 11) is 0. The lowest BCUT2D eigenvalue weighted by Gasteiger charge is -2.06. The van der Waals surface area contributed by atoms with E-state index in [4.69, 9.17) is 4.74 Å². The van der Waals surface area contributed by atoms with Crippen LogP contribution < -0.4 is 4.74 Å². The summed E-state index contributed by atoms with van der Waals surface area (Å²) in [6, 6.07) is 9.03. The second-order valence-corrected chi connectivity index (χ2v) is 4.27. The molecule has 0 N–H and O–H groups in total. The van der Waals surface area contributed by atoms with Crippen LogP contribution in [-0.2, 0) is 6.54 Å². The first-order valence-electron chi connectivity index (χ1n) is 6.47. The molecule has 1 aromatic carbocycles. The van der Waals surface area contributed by atoms with Gasteiger partial charge < -0.3 is 4.74 Å². The molecule has 100 valence electrons. The third-order valence-electron chi connectivity index (χ3n) is 2.86. The zero-order valence-corrected chi connectivity index (χ0v) is 11.5. The van der Waals surface area contributed by atoms with Crippen molar-refractivity contribution in [2.75, 3.05) is 6.61 Å². The molecule has 0 aliphatic heterocycles. The van der Waals surface area contributed by atoms with E-state index in [2.05, 4.69) is 5.10 Å². The second kappa shape index (κ2) is 5.69. The summed E-state index contributed by atoms with van der Waals surface area (Å²) in [5.41, 5.74) is 2.14.